The molecule has 1 aliphatic rings. The van der Waals surface area contributed by atoms with Crippen LogP contribution in [0, 0.1) is 0 Å². The third kappa shape index (κ3) is 4.33. The third-order valence-electron chi connectivity index (χ3n) is 3.54. The Bertz CT molecular complexity index is 439. The number of aliphatic hydroxyl groups is 1. The van der Waals surface area contributed by atoms with Crippen LogP contribution in [0.5, 0.6) is 0 Å². The fourth-order valence-electron chi connectivity index (χ4n) is 2.65. The van der Waals surface area contributed by atoms with Gasteiger partial charge in [-0.2, -0.15) is 0 Å². The van der Waals surface area contributed by atoms with Gasteiger partial charge < -0.3 is 10.2 Å². The van der Waals surface area contributed by atoms with E-state index in [0.29, 0.717) is 6.54 Å². The highest BCUT2D eigenvalue weighted by molar-refractivity contribution is 5.70. The van der Waals surface area contributed by atoms with E-state index in [1.807, 2.05) is 31.2 Å². The van der Waals surface area contributed by atoms with E-state index in [9.17, 15) is 9.90 Å². The second-order valence-electron chi connectivity index (χ2n) is 5.70. The highest BCUT2D eigenvalue weighted by atomic mass is 16.4. The lowest BCUT2D eigenvalue weighted by Gasteiger charge is -2.36. The number of hydrogen-bond donors (Lipinski definition) is 2. The minimum Gasteiger partial charge on any atom is -0.481 e. The monoisotopic (exact) mass is 263 g/mol. The van der Waals surface area contributed by atoms with Crippen LogP contribution in [-0.2, 0) is 17.8 Å². The fourth-order valence-corrected chi connectivity index (χ4v) is 2.65. The molecule has 1 fully saturated rings. The van der Waals surface area contributed by atoms with Crippen LogP contribution in [0.4, 0.5) is 0 Å². The topological polar surface area (TPSA) is 60.8 Å². The van der Waals surface area contributed by atoms with Crippen molar-refractivity contribution < 1.29 is 15.0 Å². The number of carboxylic acid groups (broad SMARTS) is 1. The molecule has 1 aromatic carbocycles. The van der Waals surface area contributed by atoms with Crippen LogP contribution >= 0.6 is 0 Å². The highest BCUT2D eigenvalue weighted by Gasteiger charge is 2.28. The molecule has 104 valence electrons. The molecule has 2 rings (SSSR count). The molecule has 0 bridgehead atoms. The average molecular weight is 263 g/mol. The number of benzene rings is 1. The van der Waals surface area contributed by atoms with E-state index in [-0.39, 0.29) is 6.42 Å². The SMILES string of the molecule is CC1(O)CCCN(Cc2ccc(CC(=O)O)cc2)C1. The van der Waals surface area contributed by atoms with Crippen LogP contribution in [0.2, 0.25) is 0 Å². The fraction of sp³-hybridized carbons (Fsp3) is 0.533. The molecule has 0 radical (unpaired) electrons. The molecule has 1 unspecified atom stereocenters. The Morgan fingerprint density at radius 2 is 1.95 bits per heavy atom. The predicted octanol–water partition coefficient (Wildman–Crippen LogP) is 1.66. The predicted molar refractivity (Wildman–Crippen MR) is 72.9 cm³/mol. The van der Waals surface area contributed by atoms with E-state index >= 15 is 0 Å². The maximum Gasteiger partial charge on any atom is 0.307 e. The molecule has 1 saturated heterocycles. The Morgan fingerprint density at radius 1 is 1.32 bits per heavy atom. The van der Waals surface area contributed by atoms with Crippen molar-refractivity contribution in [3.63, 3.8) is 0 Å². The van der Waals surface area contributed by atoms with Crippen LogP contribution in [0.15, 0.2) is 24.3 Å². The van der Waals surface area contributed by atoms with Crippen molar-refractivity contribution in [2.24, 2.45) is 0 Å². The van der Waals surface area contributed by atoms with Crippen LogP contribution in [0.1, 0.15) is 30.9 Å². The molecule has 19 heavy (non-hydrogen) atoms. The number of β-amino-alcohol motifs (C(OH)–C–C–N with tert-alkyl or cyclic N) is 1. The Hall–Kier alpha value is -1.39. The van der Waals surface area contributed by atoms with Crippen molar-refractivity contribution in [2.45, 2.75) is 38.3 Å². The summed E-state index contributed by atoms with van der Waals surface area (Å²) in [7, 11) is 0. The molecule has 1 aliphatic heterocycles. The van der Waals surface area contributed by atoms with Crippen LogP contribution in [-0.4, -0.2) is 39.8 Å². The van der Waals surface area contributed by atoms with Crippen molar-refractivity contribution >= 4 is 5.97 Å². The summed E-state index contributed by atoms with van der Waals surface area (Å²) in [5.41, 5.74) is 1.40. The van der Waals surface area contributed by atoms with E-state index in [2.05, 4.69) is 4.90 Å². The standard InChI is InChI=1S/C15H21NO3/c1-15(19)7-2-8-16(11-15)10-13-5-3-12(4-6-13)9-14(17)18/h3-6,19H,2,7-11H2,1H3,(H,17,18). The molecule has 4 nitrogen and oxygen atoms in total. The first-order chi connectivity index (χ1) is 8.94. The van der Waals surface area contributed by atoms with Gasteiger partial charge in [0.25, 0.3) is 0 Å². The van der Waals surface area contributed by atoms with E-state index in [4.69, 9.17) is 5.11 Å². The van der Waals surface area contributed by atoms with E-state index < -0.39 is 11.6 Å². The minimum absolute atomic E-state index is 0.0682. The molecule has 2 N–H and O–H groups in total. The van der Waals surface area contributed by atoms with E-state index in [0.717, 1.165) is 37.1 Å². The lowest BCUT2D eigenvalue weighted by molar-refractivity contribution is -0.136. The van der Waals surface area contributed by atoms with Gasteiger partial charge >= 0.3 is 5.97 Å². The van der Waals surface area contributed by atoms with Crippen molar-refractivity contribution in [1.82, 2.24) is 4.90 Å². The van der Waals surface area contributed by atoms with Crippen molar-refractivity contribution in [3.8, 4) is 0 Å². The number of carboxylic acids is 1. The number of likely N-dealkylation sites (tertiary alicyclic amines) is 1. The van der Waals surface area contributed by atoms with Gasteiger partial charge in [0.15, 0.2) is 0 Å². The van der Waals surface area contributed by atoms with Gasteiger partial charge in [0, 0.05) is 13.1 Å². The zero-order valence-electron chi connectivity index (χ0n) is 11.3. The van der Waals surface area contributed by atoms with Gasteiger partial charge in [-0.3, -0.25) is 9.69 Å². The quantitative estimate of drug-likeness (QED) is 0.867. The maximum absolute atomic E-state index is 10.6. The molecule has 1 atom stereocenters. The molecule has 0 aliphatic carbocycles. The summed E-state index contributed by atoms with van der Waals surface area (Å²) < 4.78 is 0. The lowest BCUT2D eigenvalue weighted by Crippen LogP contribution is -2.45. The van der Waals surface area contributed by atoms with Crippen LogP contribution < -0.4 is 0 Å². The Labute approximate surface area is 113 Å². The second kappa shape index (κ2) is 5.72. The largest absolute Gasteiger partial charge is 0.481 e. The number of carbonyl (C=O) groups is 1. The maximum atomic E-state index is 10.6. The van der Waals surface area contributed by atoms with Crippen molar-refractivity contribution in [1.29, 1.82) is 0 Å². The lowest BCUT2D eigenvalue weighted by atomic mass is 9.95. The van der Waals surface area contributed by atoms with Gasteiger partial charge in [-0.15, -0.1) is 0 Å². The first-order valence-electron chi connectivity index (χ1n) is 6.69. The number of nitrogens with zero attached hydrogens (tertiary/aromatic N) is 1. The first kappa shape index (κ1) is 14.0. The smallest absolute Gasteiger partial charge is 0.307 e. The summed E-state index contributed by atoms with van der Waals surface area (Å²) in [6.07, 6.45) is 1.95. The molecule has 4 heteroatoms. The number of rotatable bonds is 4. The summed E-state index contributed by atoms with van der Waals surface area (Å²) in [5, 5.41) is 18.8. The number of hydrogen-bond acceptors (Lipinski definition) is 3. The molecule has 0 spiro atoms. The minimum atomic E-state index is -0.806. The molecule has 1 heterocycles. The Morgan fingerprint density at radius 3 is 2.53 bits per heavy atom. The highest BCUT2D eigenvalue weighted by Crippen LogP contribution is 2.21. The summed E-state index contributed by atoms with van der Waals surface area (Å²) >= 11 is 0. The molecule has 1 aromatic rings. The molecule has 0 saturated carbocycles. The zero-order chi connectivity index (χ0) is 13.9. The summed E-state index contributed by atoms with van der Waals surface area (Å²) in [6, 6.07) is 7.68. The van der Waals surface area contributed by atoms with Gasteiger partial charge in [-0.1, -0.05) is 24.3 Å². The molecule has 0 aromatic heterocycles. The average Bonchev–Trinajstić information content (AvgIpc) is 2.30. The third-order valence-corrected chi connectivity index (χ3v) is 3.54. The van der Waals surface area contributed by atoms with Gasteiger partial charge in [0.2, 0.25) is 0 Å². The summed E-state index contributed by atoms with van der Waals surface area (Å²) in [6.45, 7) is 4.40. The molecule has 0 amide bonds. The van der Waals surface area contributed by atoms with Gasteiger partial charge in [-0.05, 0) is 37.4 Å². The molecular weight excluding hydrogens is 242 g/mol. The summed E-state index contributed by atoms with van der Waals surface area (Å²) in [5.74, 6) is -0.806. The number of piperidine rings is 1. The Balaban J connectivity index is 1.94. The van der Waals surface area contributed by atoms with E-state index in [1.165, 1.54) is 0 Å². The van der Waals surface area contributed by atoms with E-state index in [1.54, 1.807) is 0 Å². The zero-order valence-corrected chi connectivity index (χ0v) is 11.3. The normalized spacial score (nSPS) is 24.3. The summed E-state index contributed by atoms with van der Waals surface area (Å²) in [4.78, 5) is 12.9. The van der Waals surface area contributed by atoms with Gasteiger partial charge in [0.05, 0.1) is 12.0 Å². The van der Waals surface area contributed by atoms with Gasteiger partial charge in [0.1, 0.15) is 0 Å². The number of aliphatic carboxylic acids is 1. The second-order valence-corrected chi connectivity index (χ2v) is 5.70. The van der Waals surface area contributed by atoms with Gasteiger partial charge in [-0.25, -0.2) is 0 Å². The Kier molecular flexibility index (Phi) is 4.22. The molecular formula is C15H21NO3. The first-order valence-corrected chi connectivity index (χ1v) is 6.69. The van der Waals surface area contributed by atoms with Crippen LogP contribution in [0.25, 0.3) is 0 Å². The van der Waals surface area contributed by atoms with Crippen LogP contribution in [0.3, 0.4) is 0 Å². The van der Waals surface area contributed by atoms with Crippen molar-refractivity contribution in [3.05, 3.63) is 35.4 Å². The van der Waals surface area contributed by atoms with Crippen molar-refractivity contribution in [2.75, 3.05) is 13.1 Å².